The van der Waals surface area contributed by atoms with Gasteiger partial charge in [-0.15, -0.1) is 0 Å². The molecule has 2 aliphatic rings. The molecule has 0 heterocycles. The smallest absolute Gasteiger partial charge is 1.00 e. The molecule has 0 atom stereocenters. The summed E-state index contributed by atoms with van der Waals surface area (Å²) >= 11 is -4.14. The summed E-state index contributed by atoms with van der Waals surface area (Å²) in [4.78, 5) is 0. The third kappa shape index (κ3) is 9.50. The van der Waals surface area contributed by atoms with Crippen molar-refractivity contribution < 1.29 is 44.1 Å². The van der Waals surface area contributed by atoms with Crippen molar-refractivity contribution in [1.82, 2.24) is 0 Å². The zero-order chi connectivity index (χ0) is 44.8. The summed E-state index contributed by atoms with van der Waals surface area (Å²) in [5.74, 6) is 0. The molecule has 3 heteroatoms. The molecule has 67 heavy (non-hydrogen) atoms. The Morgan fingerprint density at radius 2 is 0.746 bits per heavy atom. The van der Waals surface area contributed by atoms with Gasteiger partial charge in [-0.2, -0.15) is 0 Å². The van der Waals surface area contributed by atoms with Crippen LogP contribution < -0.4 is 24.8 Å². The average Bonchev–Trinajstić information content (AvgIpc) is 3.99. The first kappa shape index (κ1) is 47.9. The van der Waals surface area contributed by atoms with Gasteiger partial charge in [0, 0.05) is 0 Å². The van der Waals surface area contributed by atoms with Crippen LogP contribution in [0.4, 0.5) is 0 Å². The van der Waals surface area contributed by atoms with Crippen molar-refractivity contribution in [3.05, 3.63) is 249 Å². The molecule has 0 nitrogen and oxygen atoms in total. The molecule has 8 aromatic carbocycles. The molecule has 10 rings (SSSR count). The van der Waals surface area contributed by atoms with E-state index in [0.717, 1.165) is 6.42 Å². The average molecular weight is 989 g/mol. The second-order valence-electron chi connectivity index (χ2n) is 20.2. The van der Waals surface area contributed by atoms with Crippen LogP contribution in [-0.2, 0) is 30.1 Å². The molecule has 0 unspecified atom stereocenters. The van der Waals surface area contributed by atoms with Crippen molar-refractivity contribution in [3.63, 3.8) is 0 Å². The van der Waals surface area contributed by atoms with Crippen LogP contribution in [0.25, 0.3) is 55.6 Å². The van der Waals surface area contributed by atoms with Crippen LogP contribution in [0, 0.1) is 0 Å². The van der Waals surface area contributed by atoms with E-state index in [9.17, 15) is 0 Å². The number of halogens is 2. The first-order valence-electron chi connectivity index (χ1n) is 23.3. The van der Waals surface area contributed by atoms with E-state index in [1.54, 1.807) is 3.28 Å². The van der Waals surface area contributed by atoms with Crippen LogP contribution in [0.1, 0.15) is 85.0 Å². The first-order chi connectivity index (χ1) is 31.5. The molecule has 0 fully saturated rings. The Labute approximate surface area is 415 Å². The third-order valence-corrected chi connectivity index (χ3v) is 25.2. The summed E-state index contributed by atoms with van der Waals surface area (Å²) in [5, 5.41) is 0. The van der Waals surface area contributed by atoms with Crippen LogP contribution in [0.2, 0.25) is 0 Å². The van der Waals surface area contributed by atoms with Gasteiger partial charge in [0.15, 0.2) is 0 Å². The van der Waals surface area contributed by atoms with Gasteiger partial charge in [-0.3, -0.25) is 0 Å². The molecule has 2 aliphatic carbocycles. The molecule has 0 spiro atoms. The van der Waals surface area contributed by atoms with Crippen LogP contribution in [0.15, 0.2) is 216 Å². The maximum absolute atomic E-state index is 4.14. The first-order valence-corrected chi connectivity index (χ1v) is 28.8. The minimum absolute atomic E-state index is 0. The van der Waals surface area contributed by atoms with Crippen molar-refractivity contribution in [3.8, 4) is 55.6 Å². The monoisotopic (exact) mass is 986 g/mol. The molecule has 8 aromatic rings. The Hall–Kier alpha value is -5.56. The van der Waals surface area contributed by atoms with E-state index < -0.39 is 19.3 Å². The van der Waals surface area contributed by atoms with Gasteiger partial charge in [0.25, 0.3) is 0 Å². The molecule has 0 aromatic heterocycles. The van der Waals surface area contributed by atoms with E-state index >= 15 is 0 Å². The van der Waals surface area contributed by atoms with E-state index in [1.807, 2.05) is 0 Å². The normalized spacial score (nSPS) is 12.7. The van der Waals surface area contributed by atoms with Crippen molar-refractivity contribution in [1.29, 1.82) is 0 Å². The van der Waals surface area contributed by atoms with Crippen molar-refractivity contribution in [2.75, 3.05) is 0 Å². The van der Waals surface area contributed by atoms with E-state index in [4.69, 9.17) is 0 Å². The predicted molar refractivity (Wildman–Crippen MR) is 278 cm³/mol. The Bertz CT molecular complexity index is 3010. The van der Waals surface area contributed by atoms with Crippen molar-refractivity contribution >= 4 is 7.42 Å². The number of fused-ring (bicyclic) bond motifs is 3. The molecule has 0 amide bonds. The van der Waals surface area contributed by atoms with Gasteiger partial charge in [0.2, 0.25) is 0 Å². The fourth-order valence-corrected chi connectivity index (χ4v) is 22.8. The number of rotatable bonds is 8. The van der Waals surface area contributed by atoms with Crippen LogP contribution in [-0.4, -0.2) is 7.42 Å². The third-order valence-electron chi connectivity index (χ3n) is 13.7. The molecular weight excluding hydrogens is 931 g/mol. The number of hydrogen-bond acceptors (Lipinski definition) is 0. The quantitative estimate of drug-likeness (QED) is 0.142. The summed E-state index contributed by atoms with van der Waals surface area (Å²) in [6.07, 6.45) is 8.19. The van der Waals surface area contributed by atoms with Crippen molar-refractivity contribution in [2.24, 2.45) is 0 Å². The summed E-state index contributed by atoms with van der Waals surface area (Å²) in [6.45, 7) is 14.3. The predicted octanol–water partition coefficient (Wildman–Crippen LogP) is 10.7. The largest absolute Gasteiger partial charge is 1.00 e. The number of benzene rings is 8. The minimum atomic E-state index is -4.14. The maximum Gasteiger partial charge on any atom is -1.00 e. The molecule has 0 N–H and O–H groups in total. The van der Waals surface area contributed by atoms with Crippen LogP contribution in [0.5, 0.6) is 0 Å². The molecule has 0 saturated carbocycles. The SMILES string of the molecule is CC(C)(C)c1cc2c(cc1-c1ccccc1)[CH]([Zr+2](=[CH]c1ccc(-c3ccccc3)cc1)(=[CH]c1ccc(-c3ccccc3)cc1)[C]1=CC=CC1)c1cc(-c3ccccc3)c(C(C)(C)C)cc1-2.[Cl-].[Cl-]. The Morgan fingerprint density at radius 3 is 1.07 bits per heavy atom. The van der Waals surface area contributed by atoms with Gasteiger partial charge in [0.05, 0.1) is 0 Å². The molecular formula is C64H58Cl2Zr. The Morgan fingerprint density at radius 1 is 0.403 bits per heavy atom. The van der Waals surface area contributed by atoms with Gasteiger partial charge in [-0.05, 0) is 0 Å². The van der Waals surface area contributed by atoms with E-state index in [0.29, 0.717) is 0 Å². The van der Waals surface area contributed by atoms with Gasteiger partial charge >= 0.3 is 394 Å². The zero-order valence-corrected chi connectivity index (χ0v) is 43.4. The minimum Gasteiger partial charge on any atom is -1.00 e. The maximum atomic E-state index is 2.82. The van der Waals surface area contributed by atoms with E-state index in [1.165, 1.54) is 89.0 Å². The van der Waals surface area contributed by atoms with E-state index in [2.05, 4.69) is 261 Å². The summed E-state index contributed by atoms with van der Waals surface area (Å²) in [5.41, 5.74) is 21.1. The molecule has 0 radical (unpaired) electrons. The van der Waals surface area contributed by atoms with Gasteiger partial charge in [-0.1, -0.05) is 0 Å². The Balaban J connectivity index is 0.00000304. The second-order valence-corrected chi connectivity index (χ2v) is 29.2. The van der Waals surface area contributed by atoms with Gasteiger partial charge in [0.1, 0.15) is 0 Å². The second kappa shape index (κ2) is 19.6. The van der Waals surface area contributed by atoms with Gasteiger partial charge in [-0.25, -0.2) is 0 Å². The Kier molecular flexibility index (Phi) is 14.0. The molecule has 0 bridgehead atoms. The summed E-state index contributed by atoms with van der Waals surface area (Å²) in [6, 6.07) is 73.2. The van der Waals surface area contributed by atoms with Crippen LogP contribution >= 0.6 is 0 Å². The fourth-order valence-electron chi connectivity index (χ4n) is 10.5. The molecule has 0 aliphatic heterocycles. The fraction of sp³-hybridized carbons (Fsp3) is 0.156. The summed E-state index contributed by atoms with van der Waals surface area (Å²) in [7, 11) is 0. The zero-order valence-electron chi connectivity index (χ0n) is 39.4. The molecule has 332 valence electrons. The number of hydrogen-bond donors (Lipinski definition) is 0. The van der Waals surface area contributed by atoms with E-state index in [-0.39, 0.29) is 39.3 Å². The number of allylic oxidation sites excluding steroid dienone is 4. The van der Waals surface area contributed by atoms with Crippen molar-refractivity contribution in [2.45, 2.75) is 62.4 Å². The molecule has 0 saturated heterocycles. The van der Waals surface area contributed by atoms with Crippen LogP contribution in [0.3, 0.4) is 0 Å². The summed E-state index contributed by atoms with van der Waals surface area (Å²) < 4.78 is 7.40. The standard InChI is InChI=1S/C33H33.2C13H10.C5H5.2ClH.Zr/c1-32(2,3)30-20-26-24(18-28(30)22-13-9-7-10-14-22)17-25-19-29(23-15-11-8-12-16-23)31(21-27(25)26)33(4,5)6;2*1-11-7-9-13(10-8-11)12-5-3-2-4-6-12;1-2-4-5-3-1;;;/h7-21H,1-6H3;2*1-10H;1-3H,4H2;2*1H;/q;;;;;;+2/p-2. The van der Waals surface area contributed by atoms with Gasteiger partial charge < -0.3 is 24.8 Å². The topological polar surface area (TPSA) is 0 Å².